The lowest BCUT2D eigenvalue weighted by molar-refractivity contribution is -0.141. The van der Waals surface area contributed by atoms with Crippen molar-refractivity contribution in [2.75, 3.05) is 26.0 Å². The van der Waals surface area contributed by atoms with Crippen molar-refractivity contribution in [3.63, 3.8) is 0 Å². The number of ether oxygens (including phenoxy) is 2. The topological polar surface area (TPSA) is 123 Å². The standard InChI is InChI=1S/C23H27N3O6S/c1-31-21(28)13-24-20(27)12-25-22(29)19(16-33-15-18-10-6-3-7-11-18)26-23(30)32-14-17-8-4-2-5-9-17/h2-11,19H,12-16H2,1H3,(H,24,27)(H,25,29)(H,26,30). The van der Waals surface area contributed by atoms with Gasteiger partial charge in [-0.1, -0.05) is 60.7 Å². The highest BCUT2D eigenvalue weighted by Crippen LogP contribution is 2.13. The van der Waals surface area contributed by atoms with Crippen LogP contribution in [-0.2, 0) is 36.2 Å². The smallest absolute Gasteiger partial charge is 0.408 e. The maximum atomic E-state index is 12.6. The molecule has 2 aromatic rings. The van der Waals surface area contributed by atoms with Gasteiger partial charge in [-0.15, -0.1) is 0 Å². The Labute approximate surface area is 196 Å². The molecule has 0 aliphatic heterocycles. The van der Waals surface area contributed by atoms with Gasteiger partial charge in [-0.3, -0.25) is 14.4 Å². The van der Waals surface area contributed by atoms with Gasteiger partial charge in [-0.05, 0) is 11.1 Å². The van der Waals surface area contributed by atoms with Gasteiger partial charge in [0.25, 0.3) is 0 Å². The molecule has 1 unspecified atom stereocenters. The third-order valence-corrected chi connectivity index (χ3v) is 5.40. The summed E-state index contributed by atoms with van der Waals surface area (Å²) in [6.45, 7) is -0.587. The summed E-state index contributed by atoms with van der Waals surface area (Å²) in [5, 5.41) is 7.35. The predicted molar refractivity (Wildman–Crippen MR) is 124 cm³/mol. The summed E-state index contributed by atoms with van der Waals surface area (Å²) in [6.07, 6.45) is -0.741. The zero-order chi connectivity index (χ0) is 23.9. The number of carbonyl (C=O) groups excluding carboxylic acids is 4. The molecule has 3 N–H and O–H groups in total. The van der Waals surface area contributed by atoms with Crippen LogP contribution in [0, 0.1) is 0 Å². The lowest BCUT2D eigenvalue weighted by atomic mass is 10.2. The molecule has 2 rings (SSSR count). The molecular formula is C23H27N3O6S. The number of rotatable bonds is 12. The third-order valence-electron chi connectivity index (χ3n) is 4.30. The van der Waals surface area contributed by atoms with Gasteiger partial charge in [0.2, 0.25) is 11.8 Å². The number of esters is 1. The molecule has 176 valence electrons. The van der Waals surface area contributed by atoms with E-state index < -0.39 is 29.9 Å². The van der Waals surface area contributed by atoms with Crippen LogP contribution < -0.4 is 16.0 Å². The first-order chi connectivity index (χ1) is 16.0. The van der Waals surface area contributed by atoms with Crippen molar-refractivity contribution in [1.29, 1.82) is 0 Å². The minimum Gasteiger partial charge on any atom is -0.468 e. The molecule has 0 saturated carbocycles. The summed E-state index contributed by atoms with van der Waals surface area (Å²) in [7, 11) is 1.20. The Balaban J connectivity index is 1.87. The number of methoxy groups -OCH3 is 1. The Hall–Kier alpha value is -3.53. The Bertz CT molecular complexity index is 911. The van der Waals surface area contributed by atoms with Gasteiger partial charge in [0.15, 0.2) is 0 Å². The van der Waals surface area contributed by atoms with Crippen LogP contribution in [-0.4, -0.2) is 55.9 Å². The molecule has 0 aliphatic rings. The monoisotopic (exact) mass is 473 g/mol. The van der Waals surface area contributed by atoms with Gasteiger partial charge < -0.3 is 25.4 Å². The maximum absolute atomic E-state index is 12.6. The van der Waals surface area contributed by atoms with E-state index in [-0.39, 0.29) is 25.4 Å². The molecular weight excluding hydrogens is 446 g/mol. The van der Waals surface area contributed by atoms with Gasteiger partial charge in [-0.2, -0.15) is 11.8 Å². The number of hydrogen-bond donors (Lipinski definition) is 3. The van der Waals surface area contributed by atoms with Gasteiger partial charge >= 0.3 is 12.1 Å². The lowest BCUT2D eigenvalue weighted by Gasteiger charge is -2.18. The molecule has 0 radical (unpaired) electrons. The van der Waals surface area contributed by atoms with E-state index in [0.29, 0.717) is 5.75 Å². The summed E-state index contributed by atoms with van der Waals surface area (Å²) in [6, 6.07) is 17.9. The van der Waals surface area contributed by atoms with Gasteiger partial charge in [0.1, 0.15) is 19.2 Å². The van der Waals surface area contributed by atoms with Crippen LogP contribution in [0.4, 0.5) is 4.79 Å². The average Bonchev–Trinajstić information content (AvgIpc) is 2.85. The number of nitrogens with one attached hydrogen (secondary N) is 3. The quantitative estimate of drug-likeness (QED) is 0.400. The molecule has 0 aromatic heterocycles. The summed E-state index contributed by atoms with van der Waals surface area (Å²) >= 11 is 1.46. The van der Waals surface area contributed by atoms with E-state index in [1.54, 1.807) is 0 Å². The second-order valence-corrected chi connectivity index (χ2v) is 7.86. The number of carbonyl (C=O) groups is 4. The van der Waals surface area contributed by atoms with Crippen molar-refractivity contribution in [1.82, 2.24) is 16.0 Å². The van der Waals surface area contributed by atoms with Crippen LogP contribution in [0.1, 0.15) is 11.1 Å². The Morgan fingerprint density at radius 2 is 1.52 bits per heavy atom. The summed E-state index contributed by atoms with van der Waals surface area (Å²) < 4.78 is 9.64. The maximum Gasteiger partial charge on any atom is 0.408 e. The molecule has 3 amide bonds. The number of alkyl carbamates (subject to hydrolysis) is 1. The fourth-order valence-electron chi connectivity index (χ4n) is 2.55. The SMILES string of the molecule is COC(=O)CNC(=O)CNC(=O)C(CSCc1ccccc1)NC(=O)OCc1ccccc1. The van der Waals surface area contributed by atoms with Gasteiger partial charge in [0.05, 0.1) is 13.7 Å². The van der Waals surface area contributed by atoms with E-state index >= 15 is 0 Å². The Kier molecular flexibility index (Phi) is 11.3. The Morgan fingerprint density at radius 3 is 2.15 bits per heavy atom. The van der Waals surface area contributed by atoms with E-state index in [1.165, 1.54) is 18.9 Å². The fourth-order valence-corrected chi connectivity index (χ4v) is 3.57. The van der Waals surface area contributed by atoms with Crippen LogP contribution in [0.25, 0.3) is 0 Å². The number of hydrogen-bond acceptors (Lipinski definition) is 7. The number of amides is 3. The van der Waals surface area contributed by atoms with Crippen molar-refractivity contribution in [2.45, 2.75) is 18.4 Å². The summed E-state index contributed by atoms with van der Waals surface area (Å²) in [5.41, 5.74) is 1.89. The molecule has 10 heteroatoms. The lowest BCUT2D eigenvalue weighted by Crippen LogP contribution is -2.50. The molecule has 2 aromatic carbocycles. The predicted octanol–water partition coefficient (Wildman–Crippen LogP) is 1.62. The van der Waals surface area contributed by atoms with E-state index in [0.717, 1.165) is 11.1 Å². The van der Waals surface area contributed by atoms with E-state index in [4.69, 9.17) is 4.74 Å². The zero-order valence-corrected chi connectivity index (χ0v) is 19.1. The Morgan fingerprint density at radius 1 is 0.879 bits per heavy atom. The normalized spacial score (nSPS) is 11.1. The molecule has 0 bridgehead atoms. The van der Waals surface area contributed by atoms with Crippen molar-refractivity contribution in [3.8, 4) is 0 Å². The molecule has 0 heterocycles. The molecule has 9 nitrogen and oxygen atoms in total. The zero-order valence-electron chi connectivity index (χ0n) is 18.2. The van der Waals surface area contributed by atoms with E-state index in [1.807, 2.05) is 60.7 Å². The third kappa shape index (κ3) is 10.6. The summed E-state index contributed by atoms with van der Waals surface area (Å²) in [5.74, 6) is -0.792. The van der Waals surface area contributed by atoms with Gasteiger partial charge in [0, 0.05) is 11.5 Å². The van der Waals surface area contributed by atoms with Crippen molar-refractivity contribution in [2.24, 2.45) is 0 Å². The second-order valence-electron chi connectivity index (χ2n) is 6.83. The molecule has 0 saturated heterocycles. The molecule has 1 atom stereocenters. The summed E-state index contributed by atoms with van der Waals surface area (Å²) in [4.78, 5) is 47.8. The first-order valence-corrected chi connectivity index (χ1v) is 11.3. The fraction of sp³-hybridized carbons (Fsp3) is 0.304. The molecule has 33 heavy (non-hydrogen) atoms. The first-order valence-electron chi connectivity index (χ1n) is 10.2. The highest BCUT2D eigenvalue weighted by atomic mass is 32.2. The van der Waals surface area contributed by atoms with Crippen molar-refractivity contribution in [3.05, 3.63) is 71.8 Å². The molecule has 0 fully saturated rings. The van der Waals surface area contributed by atoms with Gasteiger partial charge in [-0.25, -0.2) is 4.79 Å². The largest absolute Gasteiger partial charge is 0.468 e. The van der Waals surface area contributed by atoms with Crippen molar-refractivity contribution >= 4 is 35.6 Å². The highest BCUT2D eigenvalue weighted by Gasteiger charge is 2.22. The average molecular weight is 474 g/mol. The number of thioether (sulfide) groups is 1. The van der Waals surface area contributed by atoms with Crippen LogP contribution in [0.15, 0.2) is 60.7 Å². The molecule has 0 spiro atoms. The van der Waals surface area contributed by atoms with Crippen LogP contribution in [0.2, 0.25) is 0 Å². The van der Waals surface area contributed by atoms with E-state index in [2.05, 4.69) is 20.7 Å². The number of benzene rings is 2. The van der Waals surface area contributed by atoms with Crippen LogP contribution in [0.5, 0.6) is 0 Å². The molecule has 0 aliphatic carbocycles. The second kappa shape index (κ2) is 14.5. The first kappa shape index (κ1) is 25.7. The van der Waals surface area contributed by atoms with Crippen molar-refractivity contribution < 1.29 is 28.7 Å². The minimum absolute atomic E-state index is 0.0636. The van der Waals surface area contributed by atoms with Crippen LogP contribution in [0.3, 0.4) is 0 Å². The van der Waals surface area contributed by atoms with Crippen LogP contribution >= 0.6 is 11.8 Å². The van der Waals surface area contributed by atoms with E-state index in [9.17, 15) is 19.2 Å². The minimum atomic E-state index is -0.921. The highest BCUT2D eigenvalue weighted by molar-refractivity contribution is 7.98.